The third kappa shape index (κ3) is 3.22. The lowest BCUT2D eigenvalue weighted by molar-refractivity contribution is -0.173. The summed E-state index contributed by atoms with van der Waals surface area (Å²) in [6, 6.07) is 5.09. The number of para-hydroxylation sites is 1. The average molecular weight is 501 g/mol. The third-order valence-corrected chi connectivity index (χ3v) is 7.39. The number of hydrogen-bond acceptors (Lipinski definition) is 10. The lowest BCUT2D eigenvalue weighted by Gasteiger charge is -2.56. The molecule has 0 saturated carbocycles. The van der Waals surface area contributed by atoms with Crippen molar-refractivity contribution in [1.29, 1.82) is 0 Å². The number of methoxy groups -OCH3 is 4. The van der Waals surface area contributed by atoms with Gasteiger partial charge in [-0.15, -0.1) is 0 Å². The van der Waals surface area contributed by atoms with Gasteiger partial charge >= 0.3 is 18.0 Å². The predicted molar refractivity (Wildman–Crippen MR) is 125 cm³/mol. The summed E-state index contributed by atoms with van der Waals surface area (Å²) in [5.41, 5.74) is -2.10. The number of carbonyl (C=O) groups is 4. The summed E-state index contributed by atoms with van der Waals surface area (Å²) in [6.07, 6.45) is 3.13. The molecule has 11 nitrogen and oxygen atoms in total. The molecule has 0 bridgehead atoms. The van der Waals surface area contributed by atoms with Gasteiger partial charge in [0, 0.05) is 29.8 Å². The SMILES string of the molecule is COC(=O)C1=C2N(C=CC=O)CC[C@@]23c2cccc(OC)c2N(C(=O)OC)[C@](O)(C(=O)OC)[C@@H]3CC1. The van der Waals surface area contributed by atoms with Gasteiger partial charge in [0.1, 0.15) is 12.0 Å². The van der Waals surface area contributed by atoms with Crippen molar-refractivity contribution < 1.29 is 43.2 Å². The fourth-order valence-electron chi connectivity index (χ4n) is 6.13. The van der Waals surface area contributed by atoms with Crippen molar-refractivity contribution in [2.75, 3.05) is 39.9 Å². The molecule has 0 aromatic heterocycles. The van der Waals surface area contributed by atoms with E-state index in [9.17, 15) is 24.3 Å². The number of allylic oxidation sites excluding steroid dienone is 2. The van der Waals surface area contributed by atoms with Crippen LogP contribution in [0.25, 0.3) is 0 Å². The number of nitrogens with zero attached hydrogens (tertiary/aromatic N) is 2. The number of hydrogen-bond donors (Lipinski definition) is 1. The fraction of sp³-hybridized carbons (Fsp3) is 0.440. The Morgan fingerprint density at radius 3 is 2.47 bits per heavy atom. The number of fused-ring (bicyclic) bond motifs is 1. The van der Waals surface area contributed by atoms with Crippen LogP contribution in [0.3, 0.4) is 0 Å². The molecule has 1 aromatic rings. The number of ether oxygens (including phenoxy) is 4. The van der Waals surface area contributed by atoms with Crippen LogP contribution in [0.5, 0.6) is 5.75 Å². The van der Waals surface area contributed by atoms with Gasteiger partial charge in [-0.05, 0) is 37.0 Å². The maximum absolute atomic E-state index is 13.3. The minimum Gasteiger partial charge on any atom is -0.495 e. The highest BCUT2D eigenvalue weighted by Gasteiger charge is 2.70. The van der Waals surface area contributed by atoms with Gasteiger partial charge < -0.3 is 29.0 Å². The van der Waals surface area contributed by atoms with Gasteiger partial charge in [-0.1, -0.05) is 12.1 Å². The first kappa shape index (κ1) is 25.2. The lowest BCUT2D eigenvalue weighted by Crippen LogP contribution is -2.70. The predicted octanol–water partition coefficient (Wildman–Crippen LogP) is 1.64. The molecule has 2 heterocycles. The molecule has 1 saturated heterocycles. The monoisotopic (exact) mass is 500 g/mol. The Balaban J connectivity index is 2.16. The zero-order chi connectivity index (χ0) is 26.3. The van der Waals surface area contributed by atoms with E-state index in [0.29, 0.717) is 36.1 Å². The minimum absolute atomic E-state index is 0.126. The quantitative estimate of drug-likeness (QED) is 0.275. The molecule has 0 radical (unpaired) electrons. The number of aliphatic hydroxyl groups is 1. The van der Waals surface area contributed by atoms with E-state index in [1.54, 1.807) is 29.3 Å². The number of anilines is 1. The Kier molecular flexibility index (Phi) is 6.52. The van der Waals surface area contributed by atoms with Crippen LogP contribution in [0.15, 0.2) is 41.7 Å². The third-order valence-electron chi connectivity index (χ3n) is 7.39. The maximum Gasteiger partial charge on any atom is 0.417 e. The normalized spacial score (nSPS) is 26.6. The second-order valence-corrected chi connectivity index (χ2v) is 8.68. The number of aldehydes is 1. The fourth-order valence-corrected chi connectivity index (χ4v) is 6.13. The van der Waals surface area contributed by atoms with Gasteiger partial charge in [0.25, 0.3) is 5.72 Å². The summed E-state index contributed by atoms with van der Waals surface area (Å²) >= 11 is 0. The highest BCUT2D eigenvalue weighted by Crippen LogP contribution is 2.64. The van der Waals surface area contributed by atoms with Crippen molar-refractivity contribution in [2.45, 2.75) is 30.4 Å². The number of esters is 2. The molecule has 11 heteroatoms. The summed E-state index contributed by atoms with van der Waals surface area (Å²) in [7, 11) is 4.93. The minimum atomic E-state index is -2.50. The van der Waals surface area contributed by atoms with E-state index in [-0.39, 0.29) is 24.3 Å². The van der Waals surface area contributed by atoms with Crippen LogP contribution < -0.4 is 9.64 Å². The van der Waals surface area contributed by atoms with Crippen molar-refractivity contribution in [3.8, 4) is 5.75 Å². The van der Waals surface area contributed by atoms with E-state index in [0.717, 1.165) is 19.1 Å². The zero-order valence-electron chi connectivity index (χ0n) is 20.5. The zero-order valence-corrected chi connectivity index (χ0v) is 20.5. The Hall–Kier alpha value is -3.86. The van der Waals surface area contributed by atoms with Crippen LogP contribution in [0, 0.1) is 5.92 Å². The summed E-state index contributed by atoms with van der Waals surface area (Å²) in [4.78, 5) is 53.2. The number of likely N-dealkylation sites (tertiary alicyclic amines) is 1. The second kappa shape index (κ2) is 9.30. The molecule has 1 amide bonds. The van der Waals surface area contributed by atoms with Crippen molar-refractivity contribution in [3.63, 3.8) is 0 Å². The van der Waals surface area contributed by atoms with Crippen LogP contribution in [0.4, 0.5) is 10.5 Å². The van der Waals surface area contributed by atoms with Crippen molar-refractivity contribution in [2.24, 2.45) is 5.92 Å². The van der Waals surface area contributed by atoms with E-state index in [2.05, 4.69) is 0 Å². The van der Waals surface area contributed by atoms with Gasteiger partial charge in [0.05, 0.1) is 39.7 Å². The molecule has 4 rings (SSSR count). The Morgan fingerprint density at radius 1 is 1.11 bits per heavy atom. The molecule has 0 unspecified atom stereocenters. The molecular formula is C25H28N2O9. The van der Waals surface area contributed by atoms with Crippen LogP contribution in [0.1, 0.15) is 24.8 Å². The molecular weight excluding hydrogens is 472 g/mol. The Morgan fingerprint density at radius 2 is 1.86 bits per heavy atom. The molecule has 1 spiro atoms. The van der Waals surface area contributed by atoms with Crippen molar-refractivity contribution in [1.82, 2.24) is 4.90 Å². The summed E-state index contributed by atoms with van der Waals surface area (Å²) < 4.78 is 20.7. The Labute approximate surface area is 207 Å². The molecule has 1 fully saturated rings. The van der Waals surface area contributed by atoms with Crippen LogP contribution in [-0.4, -0.2) is 75.0 Å². The molecule has 3 aliphatic rings. The number of amides is 1. The topological polar surface area (TPSA) is 132 Å². The van der Waals surface area contributed by atoms with Gasteiger partial charge in [0.2, 0.25) is 0 Å². The number of rotatable bonds is 5. The molecule has 3 atom stereocenters. The molecule has 1 N–H and O–H groups in total. The standard InChI is InChI=1S/C25H28N2O9/c1-33-17-8-5-7-16-19(17)27(23(31)36-4)25(32,22(30)35-3)18-10-9-15(21(29)34-2)20-24(16,18)11-13-26(20)12-6-14-28/h5-8,12,14,18,32H,9-11,13H2,1-4H3/t18-,24+,25-/m1/s1. The average Bonchev–Trinajstić information content (AvgIpc) is 3.29. The van der Waals surface area contributed by atoms with E-state index in [1.165, 1.54) is 20.3 Å². The first-order chi connectivity index (χ1) is 17.3. The Bertz CT molecular complexity index is 1180. The molecule has 36 heavy (non-hydrogen) atoms. The summed E-state index contributed by atoms with van der Waals surface area (Å²) in [5.74, 6) is -2.35. The van der Waals surface area contributed by atoms with E-state index >= 15 is 0 Å². The molecule has 1 aromatic carbocycles. The van der Waals surface area contributed by atoms with E-state index < -0.39 is 35.1 Å². The highest BCUT2D eigenvalue weighted by molar-refractivity contribution is 6.02. The molecule has 2 aliphatic heterocycles. The maximum atomic E-state index is 13.3. The molecule has 192 valence electrons. The first-order valence-corrected chi connectivity index (χ1v) is 11.3. The van der Waals surface area contributed by atoms with Crippen LogP contribution in [-0.2, 0) is 34.0 Å². The largest absolute Gasteiger partial charge is 0.495 e. The lowest BCUT2D eigenvalue weighted by atomic mass is 9.56. The summed E-state index contributed by atoms with van der Waals surface area (Å²) in [5, 5.41) is 12.2. The van der Waals surface area contributed by atoms with Crippen molar-refractivity contribution >= 4 is 30.0 Å². The van der Waals surface area contributed by atoms with Gasteiger partial charge in [-0.2, -0.15) is 0 Å². The van der Waals surface area contributed by atoms with Gasteiger partial charge in [0.15, 0.2) is 0 Å². The van der Waals surface area contributed by atoms with Crippen LogP contribution in [0.2, 0.25) is 0 Å². The van der Waals surface area contributed by atoms with Gasteiger partial charge in [-0.25, -0.2) is 19.3 Å². The molecule has 1 aliphatic carbocycles. The highest BCUT2D eigenvalue weighted by atomic mass is 16.6. The smallest absolute Gasteiger partial charge is 0.417 e. The first-order valence-electron chi connectivity index (χ1n) is 11.3. The number of carbonyl (C=O) groups excluding carboxylic acids is 4. The van der Waals surface area contributed by atoms with Gasteiger partial charge in [-0.3, -0.25) is 4.79 Å². The van der Waals surface area contributed by atoms with Crippen LogP contribution >= 0.6 is 0 Å². The van der Waals surface area contributed by atoms with Crippen molar-refractivity contribution in [3.05, 3.63) is 47.3 Å². The summed E-state index contributed by atoms with van der Waals surface area (Å²) in [6.45, 7) is 0.364. The number of benzene rings is 1. The van der Waals surface area contributed by atoms with E-state index in [1.807, 2.05) is 0 Å². The van der Waals surface area contributed by atoms with E-state index in [4.69, 9.17) is 18.9 Å². The second-order valence-electron chi connectivity index (χ2n) is 8.68.